The number of hydrogen-bond acceptors (Lipinski definition) is 6. The van der Waals surface area contributed by atoms with Crippen molar-refractivity contribution < 1.29 is 23.6 Å². The lowest BCUT2D eigenvalue weighted by atomic mass is 10.1. The van der Waals surface area contributed by atoms with Crippen molar-refractivity contribution in [3.63, 3.8) is 0 Å². The van der Waals surface area contributed by atoms with Crippen molar-refractivity contribution in [2.24, 2.45) is 0 Å². The maximum Gasteiger partial charge on any atom is 0.276 e. The molecule has 0 aliphatic carbocycles. The molecular formula is C19H23N3O5. The van der Waals surface area contributed by atoms with Crippen LogP contribution in [0.3, 0.4) is 0 Å². The molecular weight excluding hydrogens is 350 g/mol. The van der Waals surface area contributed by atoms with Crippen LogP contribution in [0, 0.1) is 0 Å². The van der Waals surface area contributed by atoms with Gasteiger partial charge in [-0.1, -0.05) is 5.16 Å². The first-order valence-corrected chi connectivity index (χ1v) is 8.77. The lowest BCUT2D eigenvalue weighted by Gasteiger charge is -2.20. The fourth-order valence-corrected chi connectivity index (χ4v) is 3.11. The van der Waals surface area contributed by atoms with Gasteiger partial charge < -0.3 is 23.8 Å². The monoisotopic (exact) mass is 373 g/mol. The van der Waals surface area contributed by atoms with Gasteiger partial charge in [-0.05, 0) is 24.6 Å². The van der Waals surface area contributed by atoms with Gasteiger partial charge in [0.05, 0.1) is 19.8 Å². The highest BCUT2D eigenvalue weighted by Crippen LogP contribution is 2.33. The number of benzene rings is 1. The van der Waals surface area contributed by atoms with Crippen LogP contribution in [0.2, 0.25) is 0 Å². The molecule has 1 aromatic carbocycles. The molecule has 0 saturated carbocycles. The molecule has 1 saturated heterocycles. The van der Waals surface area contributed by atoms with Crippen LogP contribution in [0.25, 0.3) is 11.3 Å². The first-order valence-electron chi connectivity index (χ1n) is 8.77. The highest BCUT2D eigenvalue weighted by atomic mass is 16.5. The van der Waals surface area contributed by atoms with Crippen molar-refractivity contribution in [3.8, 4) is 22.8 Å². The van der Waals surface area contributed by atoms with E-state index in [1.165, 1.54) is 0 Å². The van der Waals surface area contributed by atoms with Crippen LogP contribution in [0.1, 0.15) is 23.8 Å². The number of aromatic nitrogens is 1. The van der Waals surface area contributed by atoms with E-state index in [1.54, 1.807) is 55.2 Å². The summed E-state index contributed by atoms with van der Waals surface area (Å²) < 4.78 is 16.0. The van der Waals surface area contributed by atoms with Gasteiger partial charge in [0.15, 0.2) is 11.5 Å². The van der Waals surface area contributed by atoms with Gasteiger partial charge in [-0.25, -0.2) is 0 Å². The van der Waals surface area contributed by atoms with Gasteiger partial charge in [0, 0.05) is 39.2 Å². The summed E-state index contributed by atoms with van der Waals surface area (Å²) in [5.74, 6) is 1.48. The number of amides is 2. The molecule has 0 spiro atoms. The summed E-state index contributed by atoms with van der Waals surface area (Å²) in [6.45, 7) is 3.78. The Labute approximate surface area is 157 Å². The molecule has 27 heavy (non-hydrogen) atoms. The highest BCUT2D eigenvalue weighted by molar-refractivity contribution is 5.93. The molecule has 0 radical (unpaired) electrons. The zero-order chi connectivity index (χ0) is 19.4. The topological polar surface area (TPSA) is 85.1 Å². The Hall–Kier alpha value is -3.03. The third-order valence-electron chi connectivity index (χ3n) is 4.63. The average Bonchev–Trinajstić information content (AvgIpc) is 3.04. The molecule has 1 aromatic heterocycles. The first-order chi connectivity index (χ1) is 13.0. The van der Waals surface area contributed by atoms with Gasteiger partial charge in [-0.15, -0.1) is 0 Å². The van der Waals surface area contributed by atoms with Gasteiger partial charge >= 0.3 is 0 Å². The summed E-state index contributed by atoms with van der Waals surface area (Å²) in [6, 6.07) is 6.92. The van der Waals surface area contributed by atoms with Crippen molar-refractivity contribution in [2.75, 3.05) is 40.4 Å². The lowest BCUT2D eigenvalue weighted by Crippen LogP contribution is -2.36. The number of rotatable bonds is 4. The quantitative estimate of drug-likeness (QED) is 0.815. The van der Waals surface area contributed by atoms with Gasteiger partial charge in [0.1, 0.15) is 11.5 Å². The average molecular weight is 373 g/mol. The van der Waals surface area contributed by atoms with E-state index in [1.807, 2.05) is 0 Å². The summed E-state index contributed by atoms with van der Waals surface area (Å²) in [5.41, 5.74) is 0.883. The Morgan fingerprint density at radius 1 is 1.04 bits per heavy atom. The molecule has 0 N–H and O–H groups in total. The summed E-state index contributed by atoms with van der Waals surface area (Å²) in [4.78, 5) is 27.8. The standard InChI is InChI=1S/C19H23N3O5/c1-13(23)21-7-4-8-22(10-9-21)19(24)16-12-18(27-20-16)15-11-14(25-2)5-6-17(15)26-3/h5-6,11-12H,4,7-10H2,1-3H3. The fourth-order valence-electron chi connectivity index (χ4n) is 3.11. The van der Waals surface area contributed by atoms with Gasteiger partial charge in [0.2, 0.25) is 5.91 Å². The van der Waals surface area contributed by atoms with Gasteiger partial charge in [-0.3, -0.25) is 9.59 Å². The second-order valence-corrected chi connectivity index (χ2v) is 6.29. The molecule has 8 heteroatoms. The number of carbonyl (C=O) groups is 2. The molecule has 8 nitrogen and oxygen atoms in total. The zero-order valence-electron chi connectivity index (χ0n) is 15.7. The zero-order valence-corrected chi connectivity index (χ0v) is 15.7. The van der Waals surface area contributed by atoms with Crippen molar-refractivity contribution in [1.29, 1.82) is 0 Å². The second-order valence-electron chi connectivity index (χ2n) is 6.29. The number of ether oxygens (including phenoxy) is 2. The van der Waals surface area contributed by atoms with Crippen LogP contribution in [-0.4, -0.2) is 67.2 Å². The van der Waals surface area contributed by atoms with E-state index in [2.05, 4.69) is 5.16 Å². The van der Waals surface area contributed by atoms with Crippen LogP contribution in [0.4, 0.5) is 0 Å². The maximum atomic E-state index is 12.8. The van der Waals surface area contributed by atoms with Crippen LogP contribution >= 0.6 is 0 Å². The number of carbonyl (C=O) groups excluding carboxylic acids is 2. The summed E-state index contributed by atoms with van der Waals surface area (Å²) in [6.07, 6.45) is 0.736. The highest BCUT2D eigenvalue weighted by Gasteiger charge is 2.24. The molecule has 1 aliphatic rings. The SMILES string of the molecule is COc1ccc(OC)c(-c2cc(C(=O)N3CCCN(C(C)=O)CC3)no2)c1. The molecule has 144 valence electrons. The molecule has 0 unspecified atom stereocenters. The summed E-state index contributed by atoms with van der Waals surface area (Å²) >= 11 is 0. The van der Waals surface area contributed by atoms with Crippen molar-refractivity contribution in [2.45, 2.75) is 13.3 Å². The minimum absolute atomic E-state index is 0.0261. The van der Waals surface area contributed by atoms with Gasteiger partial charge in [0.25, 0.3) is 5.91 Å². The Morgan fingerprint density at radius 3 is 2.48 bits per heavy atom. The Bertz CT molecular complexity index is 833. The van der Waals surface area contributed by atoms with Crippen molar-refractivity contribution >= 4 is 11.8 Å². The van der Waals surface area contributed by atoms with Gasteiger partial charge in [-0.2, -0.15) is 0 Å². The van der Waals surface area contributed by atoms with E-state index in [4.69, 9.17) is 14.0 Å². The van der Waals surface area contributed by atoms with Crippen LogP contribution in [0.5, 0.6) is 11.5 Å². The molecule has 3 rings (SSSR count). The minimum Gasteiger partial charge on any atom is -0.497 e. The normalized spacial score (nSPS) is 14.6. The maximum absolute atomic E-state index is 12.8. The van der Waals surface area contributed by atoms with Crippen molar-refractivity contribution in [3.05, 3.63) is 30.0 Å². The van der Waals surface area contributed by atoms with E-state index in [0.717, 1.165) is 6.42 Å². The van der Waals surface area contributed by atoms with E-state index in [9.17, 15) is 9.59 Å². The third-order valence-corrected chi connectivity index (χ3v) is 4.63. The predicted molar refractivity (Wildman–Crippen MR) is 97.8 cm³/mol. The van der Waals surface area contributed by atoms with Crippen LogP contribution in [-0.2, 0) is 4.79 Å². The fraction of sp³-hybridized carbons (Fsp3) is 0.421. The molecule has 0 bridgehead atoms. The Morgan fingerprint density at radius 2 is 1.78 bits per heavy atom. The largest absolute Gasteiger partial charge is 0.497 e. The molecule has 0 atom stereocenters. The van der Waals surface area contributed by atoms with Crippen LogP contribution in [0.15, 0.2) is 28.8 Å². The summed E-state index contributed by atoms with van der Waals surface area (Å²) in [7, 11) is 3.14. The molecule has 1 aliphatic heterocycles. The first kappa shape index (κ1) is 18.8. The Kier molecular flexibility index (Phi) is 5.63. The number of nitrogens with zero attached hydrogens (tertiary/aromatic N) is 3. The number of hydrogen-bond donors (Lipinski definition) is 0. The lowest BCUT2D eigenvalue weighted by molar-refractivity contribution is -0.128. The van der Waals surface area contributed by atoms with E-state index >= 15 is 0 Å². The Balaban J connectivity index is 1.79. The van der Waals surface area contributed by atoms with Crippen molar-refractivity contribution in [1.82, 2.24) is 15.0 Å². The molecule has 2 aromatic rings. The van der Waals surface area contributed by atoms with E-state index in [-0.39, 0.29) is 17.5 Å². The molecule has 1 fully saturated rings. The van der Waals surface area contributed by atoms with Crippen LogP contribution < -0.4 is 9.47 Å². The third kappa shape index (κ3) is 4.05. The minimum atomic E-state index is -0.211. The van der Waals surface area contributed by atoms with E-state index < -0.39 is 0 Å². The molecule has 2 amide bonds. The smallest absolute Gasteiger partial charge is 0.276 e. The predicted octanol–water partition coefficient (Wildman–Crippen LogP) is 2.05. The summed E-state index contributed by atoms with van der Waals surface area (Å²) in [5, 5.41) is 3.94. The number of methoxy groups -OCH3 is 2. The molecule has 2 heterocycles. The van der Waals surface area contributed by atoms with E-state index in [0.29, 0.717) is 49.0 Å². The second kappa shape index (κ2) is 8.11.